The maximum Gasteiger partial charge on any atom is 0.239 e. The molecule has 1 aromatic heterocycles. The quantitative estimate of drug-likeness (QED) is 0.880. The number of benzene rings is 1. The Morgan fingerprint density at radius 1 is 1.10 bits per heavy atom. The predicted octanol–water partition coefficient (Wildman–Crippen LogP) is 2.09. The predicted molar refractivity (Wildman–Crippen MR) is 70.9 cm³/mol. The summed E-state index contributed by atoms with van der Waals surface area (Å²) >= 11 is 0. The zero-order valence-electron chi connectivity index (χ0n) is 10.6. The maximum atomic E-state index is 13.3. The smallest absolute Gasteiger partial charge is 0.239 e. The molecule has 1 heterocycles. The number of rotatable bonds is 5. The third-order valence-electron chi connectivity index (χ3n) is 2.63. The Balaban J connectivity index is 1.84. The summed E-state index contributed by atoms with van der Waals surface area (Å²) in [5.74, 6) is -1.82. The van der Waals surface area contributed by atoms with Gasteiger partial charge in [-0.05, 0) is 29.8 Å². The van der Waals surface area contributed by atoms with Gasteiger partial charge >= 0.3 is 0 Å². The molecule has 0 spiro atoms. The fourth-order valence-electron chi connectivity index (χ4n) is 1.60. The number of anilines is 1. The topological polar surface area (TPSA) is 54.0 Å². The number of nitrogens with one attached hydrogen (secondary N) is 2. The van der Waals surface area contributed by atoms with Crippen LogP contribution in [-0.4, -0.2) is 17.4 Å². The van der Waals surface area contributed by atoms with Gasteiger partial charge in [-0.2, -0.15) is 0 Å². The number of para-hydroxylation sites is 1. The molecule has 2 aromatic rings. The van der Waals surface area contributed by atoms with Gasteiger partial charge in [-0.1, -0.05) is 6.07 Å². The lowest BCUT2D eigenvalue weighted by Crippen LogP contribution is -2.29. The minimum atomic E-state index is -0.730. The molecule has 0 saturated heterocycles. The lowest BCUT2D eigenvalue weighted by atomic mass is 10.2. The summed E-state index contributed by atoms with van der Waals surface area (Å²) in [5, 5.41) is 5.08. The van der Waals surface area contributed by atoms with Crippen LogP contribution in [0.25, 0.3) is 0 Å². The number of carbonyl (C=O) groups is 1. The van der Waals surface area contributed by atoms with Crippen LogP contribution in [0.5, 0.6) is 0 Å². The highest BCUT2D eigenvalue weighted by atomic mass is 19.1. The van der Waals surface area contributed by atoms with Gasteiger partial charge in [-0.15, -0.1) is 0 Å². The molecule has 20 heavy (non-hydrogen) atoms. The van der Waals surface area contributed by atoms with Crippen molar-refractivity contribution in [2.45, 2.75) is 6.54 Å². The summed E-state index contributed by atoms with van der Waals surface area (Å²) in [5.41, 5.74) is 0.594. The molecule has 0 unspecified atom stereocenters. The molecule has 0 aliphatic rings. The standard InChI is InChI=1S/C14H13F2N3O/c15-11-2-1-3-12(16)14(11)19-9-13(20)18-8-10-4-6-17-7-5-10/h1-7,19H,8-9H2,(H,18,20). The van der Waals surface area contributed by atoms with Gasteiger partial charge in [0.1, 0.15) is 17.3 Å². The minimum absolute atomic E-state index is 0.205. The third kappa shape index (κ3) is 3.74. The Hall–Kier alpha value is -2.50. The summed E-state index contributed by atoms with van der Waals surface area (Å²) in [6.45, 7) is 0.131. The van der Waals surface area contributed by atoms with Crippen LogP contribution in [0.1, 0.15) is 5.56 Å². The highest BCUT2D eigenvalue weighted by molar-refractivity contribution is 5.80. The van der Waals surface area contributed by atoms with Gasteiger partial charge in [0, 0.05) is 18.9 Å². The van der Waals surface area contributed by atoms with Crippen LogP contribution in [0.15, 0.2) is 42.7 Å². The summed E-state index contributed by atoms with van der Waals surface area (Å²) in [7, 11) is 0. The van der Waals surface area contributed by atoms with Gasteiger partial charge in [0.05, 0.1) is 6.54 Å². The van der Waals surface area contributed by atoms with Gasteiger partial charge in [-0.25, -0.2) is 8.78 Å². The van der Waals surface area contributed by atoms with Crippen molar-refractivity contribution < 1.29 is 13.6 Å². The lowest BCUT2D eigenvalue weighted by molar-refractivity contribution is -0.119. The number of nitrogens with zero attached hydrogens (tertiary/aromatic N) is 1. The number of pyridine rings is 1. The molecule has 0 bridgehead atoms. The van der Waals surface area contributed by atoms with Gasteiger partial charge in [0.15, 0.2) is 0 Å². The van der Waals surface area contributed by atoms with Crippen molar-refractivity contribution in [1.29, 1.82) is 0 Å². The minimum Gasteiger partial charge on any atom is -0.371 e. The van der Waals surface area contributed by atoms with E-state index in [0.29, 0.717) is 6.54 Å². The van der Waals surface area contributed by atoms with Crippen LogP contribution in [0.3, 0.4) is 0 Å². The molecule has 1 aromatic carbocycles. The van der Waals surface area contributed by atoms with E-state index in [1.807, 2.05) is 0 Å². The van der Waals surface area contributed by atoms with Crippen LogP contribution < -0.4 is 10.6 Å². The first kappa shape index (κ1) is 13.9. The summed E-state index contributed by atoms with van der Waals surface area (Å²) < 4.78 is 26.6. The van der Waals surface area contributed by atoms with E-state index < -0.39 is 11.6 Å². The number of aromatic nitrogens is 1. The molecular weight excluding hydrogens is 264 g/mol. The average Bonchev–Trinajstić information content (AvgIpc) is 2.46. The van der Waals surface area contributed by atoms with Crippen LogP contribution in [0, 0.1) is 11.6 Å². The lowest BCUT2D eigenvalue weighted by Gasteiger charge is -2.09. The van der Waals surface area contributed by atoms with Crippen molar-refractivity contribution in [3.05, 3.63) is 59.9 Å². The first-order valence-corrected chi connectivity index (χ1v) is 6.00. The number of amides is 1. The molecule has 0 radical (unpaired) electrons. The van der Waals surface area contributed by atoms with Crippen molar-refractivity contribution in [2.24, 2.45) is 0 Å². The van der Waals surface area contributed by atoms with Crippen LogP contribution in [0.4, 0.5) is 14.5 Å². The van der Waals surface area contributed by atoms with E-state index in [4.69, 9.17) is 0 Å². The molecule has 4 nitrogen and oxygen atoms in total. The highest BCUT2D eigenvalue weighted by Crippen LogP contribution is 2.17. The van der Waals surface area contributed by atoms with E-state index in [1.165, 1.54) is 6.07 Å². The van der Waals surface area contributed by atoms with E-state index in [9.17, 15) is 13.6 Å². The Morgan fingerprint density at radius 2 is 1.75 bits per heavy atom. The Morgan fingerprint density at radius 3 is 2.40 bits per heavy atom. The monoisotopic (exact) mass is 277 g/mol. The van der Waals surface area contributed by atoms with Crippen molar-refractivity contribution in [1.82, 2.24) is 10.3 Å². The number of carbonyl (C=O) groups excluding carboxylic acids is 1. The zero-order valence-corrected chi connectivity index (χ0v) is 10.6. The first-order chi connectivity index (χ1) is 9.66. The van der Waals surface area contributed by atoms with Crippen molar-refractivity contribution in [2.75, 3.05) is 11.9 Å². The summed E-state index contributed by atoms with van der Waals surface area (Å²) in [4.78, 5) is 15.4. The van der Waals surface area contributed by atoms with Crippen LogP contribution >= 0.6 is 0 Å². The van der Waals surface area contributed by atoms with Crippen molar-refractivity contribution in [3.8, 4) is 0 Å². The normalized spacial score (nSPS) is 10.1. The van der Waals surface area contributed by atoms with Crippen molar-refractivity contribution in [3.63, 3.8) is 0 Å². The molecule has 0 aliphatic carbocycles. The number of hydrogen-bond acceptors (Lipinski definition) is 3. The fourth-order valence-corrected chi connectivity index (χ4v) is 1.60. The van der Waals surface area contributed by atoms with Gasteiger partial charge in [-0.3, -0.25) is 9.78 Å². The SMILES string of the molecule is O=C(CNc1c(F)cccc1F)NCc1ccncc1. The second kappa shape index (κ2) is 6.60. The van der Waals surface area contributed by atoms with E-state index in [1.54, 1.807) is 24.5 Å². The van der Waals surface area contributed by atoms with Crippen LogP contribution in [0.2, 0.25) is 0 Å². The largest absolute Gasteiger partial charge is 0.371 e. The zero-order chi connectivity index (χ0) is 14.4. The molecule has 2 rings (SSSR count). The van der Waals surface area contributed by atoms with E-state index in [-0.39, 0.29) is 18.1 Å². The van der Waals surface area contributed by atoms with Gasteiger partial charge in [0.25, 0.3) is 0 Å². The molecule has 0 fully saturated rings. The Labute approximate surface area is 114 Å². The summed E-state index contributed by atoms with van der Waals surface area (Å²) in [6, 6.07) is 7.05. The van der Waals surface area contributed by atoms with Crippen LogP contribution in [-0.2, 0) is 11.3 Å². The molecule has 2 N–H and O–H groups in total. The molecule has 104 valence electrons. The third-order valence-corrected chi connectivity index (χ3v) is 2.63. The number of hydrogen-bond donors (Lipinski definition) is 2. The van der Waals surface area contributed by atoms with Gasteiger partial charge < -0.3 is 10.6 Å². The molecule has 0 saturated carbocycles. The second-order valence-electron chi connectivity index (χ2n) is 4.08. The van der Waals surface area contributed by atoms with Crippen molar-refractivity contribution >= 4 is 11.6 Å². The second-order valence-corrected chi connectivity index (χ2v) is 4.08. The van der Waals surface area contributed by atoms with E-state index in [2.05, 4.69) is 15.6 Å². The summed E-state index contributed by atoms with van der Waals surface area (Å²) in [6.07, 6.45) is 3.24. The Bertz CT molecular complexity index is 570. The molecule has 6 heteroatoms. The van der Waals surface area contributed by atoms with Gasteiger partial charge in [0.2, 0.25) is 5.91 Å². The Kier molecular flexibility index (Phi) is 4.60. The molecule has 0 aliphatic heterocycles. The molecular formula is C14H13F2N3O. The van der Waals surface area contributed by atoms with E-state index in [0.717, 1.165) is 17.7 Å². The van der Waals surface area contributed by atoms with E-state index >= 15 is 0 Å². The molecule has 0 atom stereocenters. The molecule has 1 amide bonds. The number of halogens is 2. The fraction of sp³-hybridized carbons (Fsp3) is 0.143. The first-order valence-electron chi connectivity index (χ1n) is 6.00. The maximum absolute atomic E-state index is 13.3. The highest BCUT2D eigenvalue weighted by Gasteiger charge is 2.09. The average molecular weight is 277 g/mol.